The Labute approximate surface area is 167 Å². The molecule has 2 fully saturated rings. The molecule has 6 nitrogen and oxygen atoms in total. The molecule has 3 unspecified atom stereocenters. The first kappa shape index (κ1) is 18.7. The van der Waals surface area contributed by atoms with Gasteiger partial charge in [-0.05, 0) is 44.2 Å². The lowest BCUT2D eigenvalue weighted by Gasteiger charge is -2.41. The molecule has 27 heavy (non-hydrogen) atoms. The fourth-order valence-corrected chi connectivity index (χ4v) is 5.80. The van der Waals surface area contributed by atoms with Crippen molar-refractivity contribution in [3.63, 3.8) is 0 Å². The first-order valence-electron chi connectivity index (χ1n) is 9.48. The van der Waals surface area contributed by atoms with Crippen molar-refractivity contribution in [2.75, 3.05) is 6.54 Å². The van der Waals surface area contributed by atoms with Crippen molar-refractivity contribution in [1.82, 2.24) is 25.5 Å². The number of fused-ring (bicyclic) bond motifs is 2. The molecule has 0 bridgehead atoms. The van der Waals surface area contributed by atoms with Gasteiger partial charge in [0.15, 0.2) is 0 Å². The van der Waals surface area contributed by atoms with Crippen LogP contribution in [0.1, 0.15) is 49.7 Å². The van der Waals surface area contributed by atoms with Crippen LogP contribution >= 0.6 is 23.7 Å². The average Bonchev–Trinajstić information content (AvgIpc) is 3.27. The summed E-state index contributed by atoms with van der Waals surface area (Å²) < 4.78 is 0.695. The second-order valence-electron chi connectivity index (χ2n) is 7.61. The van der Waals surface area contributed by atoms with Crippen LogP contribution in [0.15, 0.2) is 17.1 Å². The number of piperidine rings is 1. The highest BCUT2D eigenvalue weighted by Gasteiger charge is 2.36. The third-order valence-electron chi connectivity index (χ3n) is 6.07. The van der Waals surface area contributed by atoms with Gasteiger partial charge in [0, 0.05) is 16.1 Å². The summed E-state index contributed by atoms with van der Waals surface area (Å²) in [5, 5.41) is 10.7. The van der Waals surface area contributed by atoms with Crippen LogP contribution < -0.4 is 10.9 Å². The van der Waals surface area contributed by atoms with Gasteiger partial charge in [-0.25, -0.2) is 4.98 Å². The Balaban J connectivity index is 0.00000180. The number of rotatable bonds is 2. The van der Waals surface area contributed by atoms with Gasteiger partial charge in [0.05, 0.1) is 17.8 Å². The fraction of sp³-hybridized carbons (Fsp3) is 0.526. The smallest absolute Gasteiger partial charge is 0.268 e. The molecule has 0 aromatic carbocycles. The lowest BCUT2D eigenvalue weighted by atomic mass is 9.71. The van der Waals surface area contributed by atoms with Crippen molar-refractivity contribution < 1.29 is 0 Å². The number of hydrogen-bond acceptors (Lipinski definition) is 5. The molecule has 0 spiro atoms. The van der Waals surface area contributed by atoms with Gasteiger partial charge in [-0.15, -0.1) is 23.7 Å². The van der Waals surface area contributed by atoms with E-state index < -0.39 is 0 Å². The van der Waals surface area contributed by atoms with E-state index >= 15 is 0 Å². The van der Waals surface area contributed by atoms with Crippen molar-refractivity contribution in [3.05, 3.63) is 34.1 Å². The molecule has 3 N–H and O–H groups in total. The minimum atomic E-state index is -0.0258. The van der Waals surface area contributed by atoms with E-state index in [1.165, 1.54) is 43.4 Å². The third-order valence-corrected chi connectivity index (χ3v) is 7.22. The number of hydrogen-bond donors (Lipinski definition) is 3. The largest absolute Gasteiger partial charge is 0.308 e. The summed E-state index contributed by atoms with van der Waals surface area (Å²) in [6, 6.07) is 2.20. The molecule has 8 heteroatoms. The Morgan fingerprint density at radius 2 is 2.07 bits per heavy atom. The van der Waals surface area contributed by atoms with Crippen molar-refractivity contribution in [1.29, 1.82) is 0 Å². The van der Waals surface area contributed by atoms with Crippen LogP contribution in [-0.4, -0.2) is 26.7 Å². The second-order valence-corrected chi connectivity index (χ2v) is 8.67. The van der Waals surface area contributed by atoms with Crippen molar-refractivity contribution in [3.8, 4) is 10.4 Å². The molecule has 2 aliphatic rings. The van der Waals surface area contributed by atoms with Gasteiger partial charge in [-0.1, -0.05) is 19.3 Å². The van der Waals surface area contributed by atoms with Gasteiger partial charge in [0.1, 0.15) is 10.5 Å². The van der Waals surface area contributed by atoms with Crippen LogP contribution in [0.5, 0.6) is 0 Å². The number of H-pyrrole nitrogens is 2. The van der Waals surface area contributed by atoms with Crippen molar-refractivity contribution in [2.45, 2.75) is 45.1 Å². The first-order chi connectivity index (χ1) is 12.7. The summed E-state index contributed by atoms with van der Waals surface area (Å²) in [4.78, 5) is 21.7. The average molecular weight is 406 g/mol. The van der Waals surface area contributed by atoms with Gasteiger partial charge < -0.3 is 10.3 Å². The summed E-state index contributed by atoms with van der Waals surface area (Å²) in [5.41, 5.74) is 2.82. The molecule has 4 heterocycles. The molecule has 0 radical (unpaired) electrons. The number of nitrogens with one attached hydrogen (secondary N) is 3. The molecule has 1 saturated heterocycles. The molecule has 1 aliphatic heterocycles. The van der Waals surface area contributed by atoms with E-state index in [1.54, 1.807) is 0 Å². The minimum Gasteiger partial charge on any atom is -0.308 e. The number of nitrogens with zero attached hydrogens (tertiary/aromatic N) is 2. The molecular weight excluding hydrogens is 382 g/mol. The van der Waals surface area contributed by atoms with E-state index in [4.69, 9.17) is 4.98 Å². The maximum atomic E-state index is 12.7. The molecule has 3 aromatic rings. The van der Waals surface area contributed by atoms with Crippen LogP contribution in [0.2, 0.25) is 0 Å². The van der Waals surface area contributed by atoms with Crippen LogP contribution in [-0.2, 0) is 0 Å². The summed E-state index contributed by atoms with van der Waals surface area (Å²) in [7, 11) is 0. The maximum Gasteiger partial charge on any atom is 0.268 e. The molecule has 5 rings (SSSR count). The molecule has 0 amide bonds. The molecule has 3 aromatic heterocycles. The zero-order chi connectivity index (χ0) is 17.7. The van der Waals surface area contributed by atoms with Gasteiger partial charge in [0.2, 0.25) is 0 Å². The molecule has 3 atom stereocenters. The molecule has 144 valence electrons. The van der Waals surface area contributed by atoms with Crippen LogP contribution in [0.4, 0.5) is 0 Å². The van der Waals surface area contributed by atoms with Crippen molar-refractivity contribution in [2.24, 2.45) is 11.8 Å². The Kier molecular flexibility index (Phi) is 5.09. The Hall–Kier alpha value is -1.70. The number of aromatic amines is 2. The zero-order valence-electron chi connectivity index (χ0n) is 15.2. The van der Waals surface area contributed by atoms with E-state index in [0.717, 1.165) is 39.9 Å². The number of thiophene rings is 1. The van der Waals surface area contributed by atoms with E-state index in [2.05, 4.69) is 20.5 Å². The van der Waals surface area contributed by atoms with Crippen LogP contribution in [0.3, 0.4) is 0 Å². The lowest BCUT2D eigenvalue weighted by molar-refractivity contribution is 0.130. The van der Waals surface area contributed by atoms with Gasteiger partial charge in [-0.3, -0.25) is 9.89 Å². The van der Waals surface area contributed by atoms with E-state index in [9.17, 15) is 4.79 Å². The molecule has 1 saturated carbocycles. The van der Waals surface area contributed by atoms with E-state index in [1.807, 2.05) is 19.2 Å². The fourth-order valence-electron chi connectivity index (χ4n) is 4.75. The predicted molar refractivity (Wildman–Crippen MR) is 111 cm³/mol. The highest BCUT2D eigenvalue weighted by atomic mass is 35.5. The second kappa shape index (κ2) is 7.37. The number of aromatic nitrogens is 4. The Bertz CT molecular complexity index is 1010. The van der Waals surface area contributed by atoms with E-state index in [0.29, 0.717) is 10.6 Å². The topological polar surface area (TPSA) is 86.5 Å². The Morgan fingerprint density at radius 1 is 1.22 bits per heavy atom. The van der Waals surface area contributed by atoms with Gasteiger partial charge >= 0.3 is 0 Å². The number of halogens is 1. The molecule has 1 aliphatic carbocycles. The Morgan fingerprint density at radius 3 is 2.89 bits per heavy atom. The van der Waals surface area contributed by atoms with E-state index in [-0.39, 0.29) is 24.0 Å². The molecular formula is C19H24ClN5OS. The summed E-state index contributed by atoms with van der Waals surface area (Å²) in [6.45, 7) is 3.00. The highest BCUT2D eigenvalue weighted by molar-refractivity contribution is 7.22. The monoisotopic (exact) mass is 405 g/mol. The quantitative estimate of drug-likeness (QED) is 0.602. The lowest BCUT2D eigenvalue weighted by Crippen LogP contribution is -2.42. The SMILES string of the molecule is Cc1[nH]ncc1-c1cc2nc(C3NCCC4CCCCC43)[nH]c(=O)c2s1.Cl. The summed E-state index contributed by atoms with van der Waals surface area (Å²) in [5.74, 6) is 2.17. The van der Waals surface area contributed by atoms with Gasteiger partial charge in [-0.2, -0.15) is 5.10 Å². The standard InChI is InChI=1S/C19H23N5OS.ClH/c1-10-13(9-21-24-10)15-8-14-17(26-15)19(25)23-18(22-14)16-12-5-3-2-4-11(12)6-7-20-16;/h8-9,11-12,16,20H,2-7H2,1H3,(H,21,24)(H,22,23,25);1H. The predicted octanol–water partition coefficient (Wildman–Crippen LogP) is 3.95. The number of aryl methyl sites for hydroxylation is 1. The minimum absolute atomic E-state index is 0. The van der Waals surface area contributed by atoms with Crippen LogP contribution in [0, 0.1) is 18.8 Å². The third kappa shape index (κ3) is 3.22. The van der Waals surface area contributed by atoms with Gasteiger partial charge in [0.25, 0.3) is 5.56 Å². The van der Waals surface area contributed by atoms with Crippen molar-refractivity contribution >= 4 is 34.0 Å². The zero-order valence-corrected chi connectivity index (χ0v) is 16.9. The summed E-state index contributed by atoms with van der Waals surface area (Å²) in [6.07, 6.45) is 8.23. The highest BCUT2D eigenvalue weighted by Crippen LogP contribution is 2.42. The normalized spacial score (nSPS) is 25.1. The first-order valence-corrected chi connectivity index (χ1v) is 10.3. The maximum absolute atomic E-state index is 12.7. The van der Waals surface area contributed by atoms with Crippen LogP contribution in [0.25, 0.3) is 20.7 Å². The summed E-state index contributed by atoms with van der Waals surface area (Å²) >= 11 is 1.49.